The first kappa shape index (κ1) is 14.4. The topological polar surface area (TPSA) is 49.3 Å². The average Bonchev–Trinajstić information content (AvgIpc) is 2.42. The first-order chi connectivity index (χ1) is 9.06. The summed E-state index contributed by atoms with van der Waals surface area (Å²) in [6.07, 6.45) is 3.70. The lowest BCUT2D eigenvalue weighted by molar-refractivity contribution is 0.0717. The molecule has 0 radical (unpaired) electrons. The van der Waals surface area contributed by atoms with Gasteiger partial charge in [-0.2, -0.15) is 0 Å². The second kappa shape index (κ2) is 5.93. The standard InChI is InChI=1S/C15H20ClNO2/c1-11-6-8-15(10-18,9-7-11)17-14(19)12-4-2-3-5-13(12)16/h2-5,11,18H,6-10H2,1H3,(H,17,19). The first-order valence-corrected chi connectivity index (χ1v) is 7.12. The predicted molar refractivity (Wildman–Crippen MR) is 76.4 cm³/mol. The third kappa shape index (κ3) is 3.28. The van der Waals surface area contributed by atoms with Crippen molar-refractivity contribution in [2.45, 2.75) is 38.1 Å². The van der Waals surface area contributed by atoms with Gasteiger partial charge in [0.1, 0.15) is 0 Å². The SMILES string of the molecule is CC1CCC(CO)(NC(=O)c2ccccc2Cl)CC1. The van der Waals surface area contributed by atoms with E-state index in [1.807, 2.05) is 0 Å². The Hall–Kier alpha value is -1.06. The van der Waals surface area contributed by atoms with Gasteiger partial charge in [0.2, 0.25) is 0 Å². The molecule has 0 saturated heterocycles. The molecule has 2 rings (SSSR count). The van der Waals surface area contributed by atoms with Crippen LogP contribution in [0.3, 0.4) is 0 Å². The molecule has 0 atom stereocenters. The van der Waals surface area contributed by atoms with Crippen molar-refractivity contribution in [1.82, 2.24) is 5.32 Å². The molecular formula is C15H20ClNO2. The zero-order valence-electron chi connectivity index (χ0n) is 11.2. The minimum absolute atomic E-state index is 0.0179. The molecule has 1 saturated carbocycles. The second-order valence-electron chi connectivity index (χ2n) is 5.55. The van der Waals surface area contributed by atoms with Gasteiger partial charge in [-0.15, -0.1) is 0 Å². The maximum atomic E-state index is 12.3. The molecule has 3 nitrogen and oxygen atoms in total. The highest BCUT2D eigenvalue weighted by atomic mass is 35.5. The van der Waals surface area contributed by atoms with Gasteiger partial charge in [0.05, 0.1) is 22.7 Å². The molecule has 0 aliphatic heterocycles. The Morgan fingerprint density at radius 2 is 2.05 bits per heavy atom. The zero-order valence-corrected chi connectivity index (χ0v) is 11.9. The van der Waals surface area contributed by atoms with Crippen molar-refractivity contribution in [3.63, 3.8) is 0 Å². The van der Waals surface area contributed by atoms with Crippen molar-refractivity contribution in [3.8, 4) is 0 Å². The Balaban J connectivity index is 2.11. The van der Waals surface area contributed by atoms with Gasteiger partial charge in [0, 0.05) is 0 Å². The third-order valence-electron chi connectivity index (χ3n) is 4.03. The highest BCUT2D eigenvalue weighted by Gasteiger charge is 2.35. The van der Waals surface area contributed by atoms with E-state index in [0.717, 1.165) is 25.7 Å². The molecule has 104 valence electrons. The van der Waals surface area contributed by atoms with E-state index in [0.29, 0.717) is 16.5 Å². The molecule has 1 aromatic carbocycles. The lowest BCUT2D eigenvalue weighted by Gasteiger charge is -2.38. The summed E-state index contributed by atoms with van der Waals surface area (Å²) in [5.41, 5.74) is -0.0152. The van der Waals surface area contributed by atoms with Gasteiger partial charge < -0.3 is 10.4 Å². The molecular weight excluding hydrogens is 262 g/mol. The molecule has 1 aromatic rings. The van der Waals surface area contributed by atoms with E-state index in [-0.39, 0.29) is 12.5 Å². The van der Waals surface area contributed by atoms with Crippen LogP contribution in [0, 0.1) is 5.92 Å². The van der Waals surface area contributed by atoms with E-state index >= 15 is 0 Å². The fraction of sp³-hybridized carbons (Fsp3) is 0.533. The van der Waals surface area contributed by atoms with Crippen LogP contribution in [-0.2, 0) is 0 Å². The molecule has 1 fully saturated rings. The second-order valence-corrected chi connectivity index (χ2v) is 5.96. The summed E-state index contributed by atoms with van der Waals surface area (Å²) in [6, 6.07) is 6.98. The Morgan fingerprint density at radius 3 is 2.63 bits per heavy atom. The smallest absolute Gasteiger partial charge is 0.253 e. The van der Waals surface area contributed by atoms with Gasteiger partial charge in [-0.3, -0.25) is 4.79 Å². The van der Waals surface area contributed by atoms with Gasteiger partial charge >= 0.3 is 0 Å². The minimum atomic E-state index is -0.483. The number of rotatable bonds is 3. The molecule has 1 aliphatic rings. The van der Waals surface area contributed by atoms with Crippen LogP contribution in [0.2, 0.25) is 5.02 Å². The summed E-state index contributed by atoms with van der Waals surface area (Å²) in [7, 11) is 0. The number of aliphatic hydroxyl groups excluding tert-OH is 1. The van der Waals surface area contributed by atoms with E-state index in [1.165, 1.54) is 0 Å². The summed E-state index contributed by atoms with van der Waals surface area (Å²) in [5.74, 6) is 0.464. The Morgan fingerprint density at radius 1 is 1.42 bits per heavy atom. The summed E-state index contributed by atoms with van der Waals surface area (Å²) in [6.45, 7) is 2.19. The number of carbonyl (C=O) groups excluding carboxylic acids is 1. The van der Waals surface area contributed by atoms with Crippen LogP contribution in [-0.4, -0.2) is 23.2 Å². The van der Waals surface area contributed by atoms with Crippen molar-refractivity contribution < 1.29 is 9.90 Å². The largest absolute Gasteiger partial charge is 0.394 e. The number of benzene rings is 1. The maximum absolute atomic E-state index is 12.3. The Bertz CT molecular complexity index is 453. The van der Waals surface area contributed by atoms with Gasteiger partial charge in [-0.1, -0.05) is 30.7 Å². The number of carbonyl (C=O) groups is 1. The molecule has 0 heterocycles. The van der Waals surface area contributed by atoms with Gasteiger partial charge in [-0.05, 0) is 43.7 Å². The molecule has 19 heavy (non-hydrogen) atoms. The van der Waals surface area contributed by atoms with Crippen molar-refractivity contribution in [1.29, 1.82) is 0 Å². The van der Waals surface area contributed by atoms with Gasteiger partial charge in [0.25, 0.3) is 5.91 Å². The Labute approximate surface area is 119 Å². The summed E-state index contributed by atoms with van der Waals surface area (Å²) in [5, 5.41) is 13.1. The average molecular weight is 282 g/mol. The molecule has 1 amide bonds. The predicted octanol–water partition coefficient (Wildman–Crippen LogP) is 3.01. The van der Waals surface area contributed by atoms with Crippen molar-refractivity contribution in [2.75, 3.05) is 6.61 Å². The maximum Gasteiger partial charge on any atom is 0.253 e. The number of hydrogen-bond donors (Lipinski definition) is 2. The first-order valence-electron chi connectivity index (χ1n) is 6.74. The van der Waals surface area contributed by atoms with E-state index in [9.17, 15) is 9.90 Å². The molecule has 4 heteroatoms. The van der Waals surface area contributed by atoms with Crippen molar-refractivity contribution in [2.24, 2.45) is 5.92 Å². The van der Waals surface area contributed by atoms with Crippen LogP contribution < -0.4 is 5.32 Å². The van der Waals surface area contributed by atoms with E-state index in [1.54, 1.807) is 24.3 Å². The minimum Gasteiger partial charge on any atom is -0.394 e. The molecule has 1 aliphatic carbocycles. The number of aliphatic hydroxyl groups is 1. The number of amides is 1. The fourth-order valence-corrected chi connectivity index (χ4v) is 2.81. The van der Waals surface area contributed by atoms with Crippen LogP contribution in [0.1, 0.15) is 43.0 Å². The fourth-order valence-electron chi connectivity index (χ4n) is 2.59. The monoisotopic (exact) mass is 281 g/mol. The molecule has 0 unspecified atom stereocenters. The van der Waals surface area contributed by atoms with E-state index < -0.39 is 5.54 Å². The molecule has 0 bridgehead atoms. The Kier molecular flexibility index (Phi) is 4.48. The summed E-state index contributed by atoms with van der Waals surface area (Å²) >= 11 is 6.03. The van der Waals surface area contributed by atoms with Crippen LogP contribution in [0.5, 0.6) is 0 Å². The van der Waals surface area contributed by atoms with Crippen molar-refractivity contribution >= 4 is 17.5 Å². The van der Waals surface area contributed by atoms with Crippen molar-refractivity contribution in [3.05, 3.63) is 34.9 Å². The van der Waals surface area contributed by atoms with Gasteiger partial charge in [-0.25, -0.2) is 0 Å². The van der Waals surface area contributed by atoms with Crippen LogP contribution in [0.15, 0.2) is 24.3 Å². The van der Waals surface area contributed by atoms with Crippen LogP contribution in [0.4, 0.5) is 0 Å². The number of halogens is 1. The van der Waals surface area contributed by atoms with Gasteiger partial charge in [0.15, 0.2) is 0 Å². The van der Waals surface area contributed by atoms with Crippen LogP contribution in [0.25, 0.3) is 0 Å². The number of hydrogen-bond acceptors (Lipinski definition) is 2. The molecule has 0 aromatic heterocycles. The highest BCUT2D eigenvalue weighted by Crippen LogP contribution is 2.32. The molecule has 0 spiro atoms. The van der Waals surface area contributed by atoms with Crippen LogP contribution >= 0.6 is 11.6 Å². The van der Waals surface area contributed by atoms with E-state index in [4.69, 9.17) is 11.6 Å². The third-order valence-corrected chi connectivity index (χ3v) is 4.36. The quantitative estimate of drug-likeness (QED) is 0.895. The summed E-state index contributed by atoms with van der Waals surface area (Å²) < 4.78 is 0. The lowest BCUT2D eigenvalue weighted by atomic mass is 9.77. The van der Waals surface area contributed by atoms with E-state index in [2.05, 4.69) is 12.2 Å². The summed E-state index contributed by atoms with van der Waals surface area (Å²) in [4.78, 5) is 12.3. The highest BCUT2D eigenvalue weighted by molar-refractivity contribution is 6.33. The number of nitrogens with one attached hydrogen (secondary N) is 1. The molecule has 2 N–H and O–H groups in total. The lowest BCUT2D eigenvalue weighted by Crippen LogP contribution is -2.53. The normalized spacial score (nSPS) is 27.0. The zero-order chi connectivity index (χ0) is 13.9.